The second-order valence-corrected chi connectivity index (χ2v) is 6.01. The van der Waals surface area contributed by atoms with Crippen molar-refractivity contribution >= 4 is 11.6 Å². The zero-order valence-electron chi connectivity index (χ0n) is 15.7. The first-order valence-electron chi connectivity index (χ1n) is 8.62. The highest BCUT2D eigenvalue weighted by Gasteiger charge is 2.10. The van der Waals surface area contributed by atoms with Gasteiger partial charge in [-0.1, -0.05) is 6.07 Å². The van der Waals surface area contributed by atoms with Crippen molar-refractivity contribution in [1.82, 2.24) is 14.7 Å². The molecule has 27 heavy (non-hydrogen) atoms. The highest BCUT2D eigenvalue weighted by atomic mass is 16.5. The molecule has 1 amide bonds. The lowest BCUT2D eigenvalue weighted by Gasteiger charge is -2.09. The summed E-state index contributed by atoms with van der Waals surface area (Å²) in [5.74, 6) is 1.93. The van der Waals surface area contributed by atoms with Gasteiger partial charge in [0.05, 0.1) is 33.4 Å². The van der Waals surface area contributed by atoms with Gasteiger partial charge in [-0.25, -0.2) is 4.98 Å². The summed E-state index contributed by atoms with van der Waals surface area (Å²) in [7, 11) is 4.78. The van der Waals surface area contributed by atoms with E-state index < -0.39 is 0 Å². The van der Waals surface area contributed by atoms with Gasteiger partial charge >= 0.3 is 0 Å². The van der Waals surface area contributed by atoms with Gasteiger partial charge in [-0.15, -0.1) is 0 Å². The summed E-state index contributed by atoms with van der Waals surface area (Å²) in [6.07, 6.45) is 4.78. The molecule has 3 rings (SSSR count). The predicted molar refractivity (Wildman–Crippen MR) is 102 cm³/mol. The molecule has 0 fully saturated rings. The smallest absolute Gasteiger partial charge is 0.224 e. The van der Waals surface area contributed by atoms with Crippen LogP contribution in [0.3, 0.4) is 0 Å². The Labute approximate surface area is 157 Å². The SMILES string of the molecule is COc1ccc(CC(=O)NCCc2cn3cccc(OC)c3n2)cc1OC. The van der Waals surface area contributed by atoms with Gasteiger partial charge in [0.15, 0.2) is 22.9 Å². The third-order valence-electron chi connectivity index (χ3n) is 4.23. The van der Waals surface area contributed by atoms with E-state index >= 15 is 0 Å². The summed E-state index contributed by atoms with van der Waals surface area (Å²) < 4.78 is 17.7. The molecule has 0 saturated carbocycles. The maximum Gasteiger partial charge on any atom is 0.224 e. The van der Waals surface area contributed by atoms with Crippen LogP contribution in [-0.2, 0) is 17.6 Å². The van der Waals surface area contributed by atoms with Crippen LogP contribution < -0.4 is 19.5 Å². The zero-order chi connectivity index (χ0) is 19.2. The molecule has 1 aromatic carbocycles. The lowest BCUT2D eigenvalue weighted by molar-refractivity contribution is -0.120. The van der Waals surface area contributed by atoms with Crippen molar-refractivity contribution in [3.63, 3.8) is 0 Å². The summed E-state index contributed by atoms with van der Waals surface area (Å²) in [5, 5.41) is 2.93. The van der Waals surface area contributed by atoms with Gasteiger partial charge in [-0.3, -0.25) is 4.79 Å². The molecule has 7 nitrogen and oxygen atoms in total. The quantitative estimate of drug-likeness (QED) is 0.659. The van der Waals surface area contributed by atoms with Crippen LogP contribution in [-0.4, -0.2) is 43.2 Å². The van der Waals surface area contributed by atoms with Crippen molar-refractivity contribution in [2.24, 2.45) is 0 Å². The summed E-state index contributed by atoms with van der Waals surface area (Å²) >= 11 is 0. The standard InChI is InChI=1S/C20H23N3O4/c1-25-16-7-6-14(11-18(16)27-3)12-19(24)21-9-8-15-13-23-10-4-5-17(26-2)20(23)22-15/h4-7,10-11,13H,8-9,12H2,1-3H3,(H,21,24). The maximum absolute atomic E-state index is 12.2. The van der Waals surface area contributed by atoms with Crippen molar-refractivity contribution in [2.75, 3.05) is 27.9 Å². The third-order valence-corrected chi connectivity index (χ3v) is 4.23. The number of methoxy groups -OCH3 is 3. The Morgan fingerprint density at radius 3 is 2.59 bits per heavy atom. The van der Waals surface area contributed by atoms with E-state index in [1.54, 1.807) is 27.4 Å². The first-order chi connectivity index (χ1) is 13.1. The van der Waals surface area contributed by atoms with Gasteiger partial charge in [-0.05, 0) is 29.8 Å². The van der Waals surface area contributed by atoms with Crippen molar-refractivity contribution < 1.29 is 19.0 Å². The maximum atomic E-state index is 12.2. The molecule has 0 aliphatic rings. The number of benzene rings is 1. The summed E-state index contributed by atoms with van der Waals surface area (Å²) in [4.78, 5) is 16.8. The van der Waals surface area contributed by atoms with Gasteiger partial charge < -0.3 is 23.9 Å². The van der Waals surface area contributed by atoms with Crippen LogP contribution in [0, 0.1) is 0 Å². The normalized spacial score (nSPS) is 10.6. The molecular formula is C20H23N3O4. The number of rotatable bonds is 8. The molecule has 0 spiro atoms. The second-order valence-electron chi connectivity index (χ2n) is 6.01. The van der Waals surface area contributed by atoms with Gasteiger partial charge in [0, 0.05) is 25.4 Å². The van der Waals surface area contributed by atoms with Gasteiger partial charge in [0.25, 0.3) is 0 Å². The lowest BCUT2D eigenvalue weighted by Crippen LogP contribution is -2.27. The minimum atomic E-state index is -0.0523. The van der Waals surface area contributed by atoms with Crippen LogP contribution in [0.2, 0.25) is 0 Å². The Morgan fingerprint density at radius 2 is 1.85 bits per heavy atom. The number of hydrogen-bond acceptors (Lipinski definition) is 5. The number of aromatic nitrogens is 2. The highest BCUT2D eigenvalue weighted by Crippen LogP contribution is 2.27. The van der Waals surface area contributed by atoms with E-state index in [4.69, 9.17) is 14.2 Å². The van der Waals surface area contributed by atoms with Crippen LogP contribution in [0.4, 0.5) is 0 Å². The van der Waals surface area contributed by atoms with Crippen molar-refractivity contribution in [3.8, 4) is 17.2 Å². The number of hydrogen-bond donors (Lipinski definition) is 1. The van der Waals surface area contributed by atoms with E-state index in [0.29, 0.717) is 24.5 Å². The molecule has 2 aromatic heterocycles. The Hall–Kier alpha value is -3.22. The summed E-state index contributed by atoms with van der Waals surface area (Å²) in [5.41, 5.74) is 2.53. The topological polar surface area (TPSA) is 74.1 Å². The molecule has 2 heterocycles. The highest BCUT2D eigenvalue weighted by molar-refractivity contribution is 5.78. The fraction of sp³-hybridized carbons (Fsp3) is 0.300. The van der Waals surface area contributed by atoms with Crippen LogP contribution in [0.1, 0.15) is 11.3 Å². The number of fused-ring (bicyclic) bond motifs is 1. The van der Waals surface area contributed by atoms with Crippen molar-refractivity contribution in [1.29, 1.82) is 0 Å². The van der Waals surface area contributed by atoms with E-state index in [2.05, 4.69) is 10.3 Å². The fourth-order valence-corrected chi connectivity index (χ4v) is 2.89. The summed E-state index contributed by atoms with van der Waals surface area (Å²) in [6.45, 7) is 0.512. The zero-order valence-corrected chi connectivity index (χ0v) is 15.7. The first-order valence-corrected chi connectivity index (χ1v) is 8.62. The first kappa shape index (κ1) is 18.6. The molecule has 0 unspecified atom stereocenters. The van der Waals surface area contributed by atoms with Crippen LogP contribution in [0.5, 0.6) is 17.2 Å². The molecule has 0 radical (unpaired) electrons. The Kier molecular flexibility index (Phi) is 5.80. The number of carbonyl (C=O) groups is 1. The molecule has 1 N–H and O–H groups in total. The largest absolute Gasteiger partial charge is 0.493 e. The third kappa shape index (κ3) is 4.31. The summed E-state index contributed by atoms with van der Waals surface area (Å²) in [6, 6.07) is 9.24. The predicted octanol–water partition coefficient (Wildman–Crippen LogP) is 2.26. The fourth-order valence-electron chi connectivity index (χ4n) is 2.89. The number of amides is 1. The average Bonchev–Trinajstić information content (AvgIpc) is 3.10. The minimum Gasteiger partial charge on any atom is -0.493 e. The van der Waals surface area contributed by atoms with Gasteiger partial charge in [0.2, 0.25) is 5.91 Å². The second kappa shape index (κ2) is 8.44. The van der Waals surface area contributed by atoms with E-state index in [-0.39, 0.29) is 12.3 Å². The molecule has 7 heteroatoms. The minimum absolute atomic E-state index is 0.0523. The number of imidazole rings is 1. The monoisotopic (exact) mass is 369 g/mol. The Morgan fingerprint density at radius 1 is 1.07 bits per heavy atom. The van der Waals surface area contributed by atoms with E-state index in [0.717, 1.165) is 22.7 Å². The Balaban J connectivity index is 1.55. The number of nitrogens with zero attached hydrogens (tertiary/aromatic N) is 2. The average molecular weight is 369 g/mol. The molecule has 0 saturated heterocycles. The molecule has 0 atom stereocenters. The molecular weight excluding hydrogens is 346 g/mol. The Bertz CT molecular complexity index is 936. The van der Waals surface area contributed by atoms with E-state index in [9.17, 15) is 4.79 Å². The number of ether oxygens (including phenoxy) is 3. The van der Waals surface area contributed by atoms with Crippen molar-refractivity contribution in [2.45, 2.75) is 12.8 Å². The van der Waals surface area contributed by atoms with Crippen LogP contribution in [0.15, 0.2) is 42.7 Å². The van der Waals surface area contributed by atoms with E-state index in [1.165, 1.54) is 0 Å². The number of carbonyl (C=O) groups excluding carboxylic acids is 1. The number of nitrogens with one attached hydrogen (secondary N) is 1. The van der Waals surface area contributed by atoms with Crippen LogP contribution in [0.25, 0.3) is 5.65 Å². The molecule has 0 aliphatic heterocycles. The van der Waals surface area contributed by atoms with E-state index in [1.807, 2.05) is 41.1 Å². The van der Waals surface area contributed by atoms with Gasteiger partial charge in [0.1, 0.15) is 0 Å². The molecule has 0 aliphatic carbocycles. The number of pyridine rings is 1. The molecule has 142 valence electrons. The molecule has 3 aromatic rings. The lowest BCUT2D eigenvalue weighted by atomic mass is 10.1. The van der Waals surface area contributed by atoms with Crippen molar-refractivity contribution in [3.05, 3.63) is 54.0 Å². The van der Waals surface area contributed by atoms with Gasteiger partial charge in [-0.2, -0.15) is 0 Å². The van der Waals surface area contributed by atoms with Crippen LogP contribution >= 0.6 is 0 Å². The molecule has 0 bridgehead atoms.